The van der Waals surface area contributed by atoms with Gasteiger partial charge in [-0.05, 0) is 17.7 Å². The summed E-state index contributed by atoms with van der Waals surface area (Å²) in [4.78, 5) is 13.1. The summed E-state index contributed by atoms with van der Waals surface area (Å²) in [6.07, 6.45) is 3.54. The number of benzene rings is 1. The number of nitrogens with zero attached hydrogens (tertiary/aromatic N) is 3. The van der Waals surface area contributed by atoms with Crippen LogP contribution in [-0.2, 0) is 6.54 Å². The van der Waals surface area contributed by atoms with Crippen LogP contribution in [0.3, 0.4) is 0 Å². The van der Waals surface area contributed by atoms with E-state index in [9.17, 15) is 0 Å². The summed E-state index contributed by atoms with van der Waals surface area (Å²) < 4.78 is 0. The van der Waals surface area contributed by atoms with Gasteiger partial charge in [-0.25, -0.2) is 4.98 Å². The molecular weight excluding hydrogens is 274 g/mol. The highest BCUT2D eigenvalue weighted by Gasteiger charge is 2.06. The molecule has 2 heterocycles. The number of aromatic nitrogens is 3. The molecule has 0 aliphatic rings. The van der Waals surface area contributed by atoms with Crippen molar-refractivity contribution in [3.05, 3.63) is 66.5 Å². The molecule has 0 radical (unpaired) electrons. The molecule has 3 aromatic rings. The van der Waals surface area contributed by atoms with Crippen LogP contribution in [0.25, 0.3) is 11.3 Å². The summed E-state index contributed by atoms with van der Waals surface area (Å²) in [7, 11) is 1.81. The van der Waals surface area contributed by atoms with Crippen molar-refractivity contribution in [3.8, 4) is 11.3 Å². The number of hydrogen-bond donors (Lipinski definition) is 2. The minimum absolute atomic E-state index is 0.580. The molecule has 0 spiro atoms. The molecule has 110 valence electrons. The highest BCUT2D eigenvalue weighted by molar-refractivity contribution is 5.63. The second kappa shape index (κ2) is 6.67. The van der Waals surface area contributed by atoms with Crippen molar-refractivity contribution >= 4 is 11.8 Å². The van der Waals surface area contributed by atoms with Crippen LogP contribution in [0.1, 0.15) is 5.56 Å². The lowest BCUT2D eigenvalue weighted by atomic mass is 10.2. The Morgan fingerprint density at radius 1 is 1.00 bits per heavy atom. The molecule has 5 heteroatoms. The van der Waals surface area contributed by atoms with Crippen LogP contribution in [0.5, 0.6) is 0 Å². The SMILES string of the molecule is CNc1nc(NCc2ccccc2)cc(-c2cccnc2)n1. The van der Waals surface area contributed by atoms with Crippen LogP contribution >= 0.6 is 0 Å². The molecule has 2 aromatic heterocycles. The van der Waals surface area contributed by atoms with Gasteiger partial charge in [-0.15, -0.1) is 0 Å². The van der Waals surface area contributed by atoms with Crippen LogP contribution in [0.2, 0.25) is 0 Å². The van der Waals surface area contributed by atoms with Crippen molar-refractivity contribution in [1.29, 1.82) is 0 Å². The molecule has 0 unspecified atom stereocenters. The maximum absolute atomic E-state index is 4.47. The first kappa shape index (κ1) is 14.0. The van der Waals surface area contributed by atoms with Gasteiger partial charge in [0.05, 0.1) is 5.69 Å². The fourth-order valence-electron chi connectivity index (χ4n) is 2.10. The van der Waals surface area contributed by atoms with Gasteiger partial charge in [-0.3, -0.25) is 4.98 Å². The summed E-state index contributed by atoms with van der Waals surface area (Å²) in [5, 5.41) is 6.33. The Kier molecular flexibility index (Phi) is 4.25. The van der Waals surface area contributed by atoms with Gasteiger partial charge >= 0.3 is 0 Å². The van der Waals surface area contributed by atoms with Crippen molar-refractivity contribution in [1.82, 2.24) is 15.0 Å². The van der Waals surface area contributed by atoms with E-state index in [1.807, 2.05) is 43.4 Å². The van der Waals surface area contributed by atoms with E-state index in [1.165, 1.54) is 5.56 Å². The molecule has 1 aromatic carbocycles. The smallest absolute Gasteiger partial charge is 0.224 e. The Labute approximate surface area is 129 Å². The molecule has 22 heavy (non-hydrogen) atoms. The topological polar surface area (TPSA) is 62.7 Å². The molecule has 0 aliphatic carbocycles. The van der Waals surface area contributed by atoms with Gasteiger partial charge in [0.2, 0.25) is 5.95 Å². The Morgan fingerprint density at radius 3 is 2.59 bits per heavy atom. The van der Waals surface area contributed by atoms with E-state index in [-0.39, 0.29) is 0 Å². The van der Waals surface area contributed by atoms with Crippen molar-refractivity contribution in [2.45, 2.75) is 6.54 Å². The third-order valence-electron chi connectivity index (χ3n) is 3.22. The highest BCUT2D eigenvalue weighted by atomic mass is 15.1. The number of anilines is 2. The van der Waals surface area contributed by atoms with Gasteiger partial charge in [-0.1, -0.05) is 30.3 Å². The first-order chi connectivity index (χ1) is 10.8. The third-order valence-corrected chi connectivity index (χ3v) is 3.22. The molecule has 0 saturated carbocycles. The van der Waals surface area contributed by atoms with Crippen LogP contribution in [0.4, 0.5) is 11.8 Å². The van der Waals surface area contributed by atoms with Crippen LogP contribution in [0, 0.1) is 0 Å². The molecule has 0 saturated heterocycles. The number of nitrogens with one attached hydrogen (secondary N) is 2. The Bertz CT molecular complexity index is 729. The number of rotatable bonds is 5. The number of pyridine rings is 1. The summed E-state index contributed by atoms with van der Waals surface area (Å²) >= 11 is 0. The van der Waals surface area contributed by atoms with E-state index >= 15 is 0 Å². The zero-order chi connectivity index (χ0) is 15.2. The number of hydrogen-bond acceptors (Lipinski definition) is 5. The van der Waals surface area contributed by atoms with Crippen LogP contribution < -0.4 is 10.6 Å². The van der Waals surface area contributed by atoms with Gasteiger partial charge in [-0.2, -0.15) is 4.98 Å². The first-order valence-corrected chi connectivity index (χ1v) is 7.10. The van der Waals surface area contributed by atoms with E-state index < -0.39 is 0 Å². The average molecular weight is 291 g/mol. The maximum atomic E-state index is 4.47. The maximum Gasteiger partial charge on any atom is 0.224 e. The molecule has 2 N–H and O–H groups in total. The molecular formula is C17H17N5. The molecule has 3 rings (SSSR count). The standard InChI is InChI=1S/C17H17N5/c1-18-17-21-15(14-8-5-9-19-12-14)10-16(22-17)20-11-13-6-3-2-4-7-13/h2-10,12H,11H2,1H3,(H2,18,20,21,22). The van der Waals surface area contributed by atoms with E-state index in [4.69, 9.17) is 0 Å². The molecule has 0 amide bonds. The Balaban J connectivity index is 1.85. The predicted octanol–water partition coefficient (Wildman–Crippen LogP) is 3.19. The van der Waals surface area contributed by atoms with Gasteiger partial charge in [0, 0.05) is 37.6 Å². The van der Waals surface area contributed by atoms with E-state index in [0.29, 0.717) is 12.5 Å². The second-order valence-electron chi connectivity index (χ2n) is 4.79. The minimum Gasteiger partial charge on any atom is -0.366 e. The van der Waals surface area contributed by atoms with Gasteiger partial charge in [0.25, 0.3) is 0 Å². The van der Waals surface area contributed by atoms with Crippen molar-refractivity contribution in [2.24, 2.45) is 0 Å². The zero-order valence-electron chi connectivity index (χ0n) is 12.3. The van der Waals surface area contributed by atoms with Gasteiger partial charge in [0.15, 0.2) is 0 Å². The van der Waals surface area contributed by atoms with Crippen molar-refractivity contribution in [3.63, 3.8) is 0 Å². The monoisotopic (exact) mass is 291 g/mol. The van der Waals surface area contributed by atoms with Crippen LogP contribution in [-0.4, -0.2) is 22.0 Å². The largest absolute Gasteiger partial charge is 0.366 e. The quantitative estimate of drug-likeness (QED) is 0.756. The van der Waals surface area contributed by atoms with Gasteiger partial charge in [0.1, 0.15) is 5.82 Å². The first-order valence-electron chi connectivity index (χ1n) is 7.10. The summed E-state index contributed by atoms with van der Waals surface area (Å²) in [6, 6.07) is 16.0. The summed E-state index contributed by atoms with van der Waals surface area (Å²) in [6.45, 7) is 0.716. The zero-order valence-corrected chi connectivity index (χ0v) is 12.3. The molecule has 5 nitrogen and oxygen atoms in total. The average Bonchev–Trinajstić information content (AvgIpc) is 2.61. The Morgan fingerprint density at radius 2 is 1.86 bits per heavy atom. The van der Waals surface area contributed by atoms with Gasteiger partial charge < -0.3 is 10.6 Å². The highest BCUT2D eigenvalue weighted by Crippen LogP contribution is 2.20. The van der Waals surface area contributed by atoms with Crippen molar-refractivity contribution in [2.75, 3.05) is 17.7 Å². The molecule has 0 bridgehead atoms. The lowest BCUT2D eigenvalue weighted by Gasteiger charge is -2.10. The molecule has 0 fully saturated rings. The Hall–Kier alpha value is -2.95. The third kappa shape index (κ3) is 3.38. The fraction of sp³-hybridized carbons (Fsp3) is 0.118. The minimum atomic E-state index is 0.580. The molecule has 0 aliphatic heterocycles. The molecule has 0 atom stereocenters. The van der Waals surface area contributed by atoms with E-state index in [2.05, 4.69) is 37.7 Å². The lowest BCUT2D eigenvalue weighted by Crippen LogP contribution is -2.05. The van der Waals surface area contributed by atoms with Crippen molar-refractivity contribution < 1.29 is 0 Å². The van der Waals surface area contributed by atoms with Crippen LogP contribution in [0.15, 0.2) is 60.9 Å². The van der Waals surface area contributed by atoms with E-state index in [1.54, 1.807) is 12.4 Å². The fourth-order valence-corrected chi connectivity index (χ4v) is 2.10. The summed E-state index contributed by atoms with van der Waals surface area (Å²) in [5.41, 5.74) is 3.00. The normalized spacial score (nSPS) is 10.2. The second-order valence-corrected chi connectivity index (χ2v) is 4.79. The summed E-state index contributed by atoms with van der Waals surface area (Å²) in [5.74, 6) is 1.36. The predicted molar refractivity (Wildman–Crippen MR) is 88.6 cm³/mol. The lowest BCUT2D eigenvalue weighted by molar-refractivity contribution is 1.08. The van der Waals surface area contributed by atoms with E-state index in [0.717, 1.165) is 17.1 Å².